The van der Waals surface area contributed by atoms with Gasteiger partial charge in [0.15, 0.2) is 0 Å². The van der Waals surface area contributed by atoms with Crippen molar-refractivity contribution < 1.29 is 13.2 Å². The number of nitrogens with zero attached hydrogens (tertiary/aromatic N) is 1. The minimum absolute atomic E-state index is 0.0307. The Morgan fingerprint density at radius 2 is 2.24 bits per heavy atom. The summed E-state index contributed by atoms with van der Waals surface area (Å²) in [4.78, 5) is 14.4. The Morgan fingerprint density at radius 1 is 1.59 bits per heavy atom. The number of halogens is 1. The summed E-state index contributed by atoms with van der Waals surface area (Å²) in [6.45, 7) is 1.56. The first-order valence-electron chi connectivity index (χ1n) is 4.72. The zero-order valence-corrected chi connectivity index (χ0v) is 11.5. The zero-order chi connectivity index (χ0) is 13.1. The quantitative estimate of drug-likeness (QED) is 0.818. The van der Waals surface area contributed by atoms with Gasteiger partial charge in [0.2, 0.25) is 15.9 Å². The fourth-order valence-electron chi connectivity index (χ4n) is 1.22. The Labute approximate surface area is 108 Å². The van der Waals surface area contributed by atoms with Crippen LogP contribution in [0, 0.1) is 0 Å². The summed E-state index contributed by atoms with van der Waals surface area (Å²) in [5.41, 5.74) is 4.98. The van der Waals surface area contributed by atoms with Gasteiger partial charge in [0.05, 0.1) is 0 Å². The van der Waals surface area contributed by atoms with Crippen LogP contribution in [0.3, 0.4) is 0 Å². The predicted molar refractivity (Wildman–Crippen MR) is 65.5 cm³/mol. The van der Waals surface area contributed by atoms with Crippen molar-refractivity contribution in [2.45, 2.75) is 24.3 Å². The number of amides is 1. The maximum atomic E-state index is 11.9. The molecule has 1 aromatic rings. The van der Waals surface area contributed by atoms with Crippen molar-refractivity contribution in [1.29, 1.82) is 0 Å². The van der Waals surface area contributed by atoms with Crippen LogP contribution in [0.1, 0.15) is 13.3 Å². The van der Waals surface area contributed by atoms with Crippen molar-refractivity contribution in [3.8, 4) is 0 Å². The first-order chi connectivity index (χ1) is 7.81. The van der Waals surface area contributed by atoms with E-state index in [9.17, 15) is 13.2 Å². The molecule has 1 amide bonds. The van der Waals surface area contributed by atoms with Gasteiger partial charge in [0.1, 0.15) is 4.90 Å². The molecule has 6 nitrogen and oxygen atoms in total. The molecule has 1 unspecified atom stereocenters. The van der Waals surface area contributed by atoms with Crippen molar-refractivity contribution in [2.24, 2.45) is 5.73 Å². The van der Waals surface area contributed by atoms with E-state index in [-0.39, 0.29) is 11.3 Å². The lowest BCUT2D eigenvalue weighted by atomic mass is 10.2. The molecule has 0 aliphatic heterocycles. The van der Waals surface area contributed by atoms with Crippen LogP contribution in [0.15, 0.2) is 27.8 Å². The summed E-state index contributed by atoms with van der Waals surface area (Å²) >= 11 is 3.13. The second-order valence-corrected chi connectivity index (χ2v) is 6.16. The molecule has 0 aromatic carbocycles. The highest BCUT2D eigenvalue weighted by atomic mass is 79.9. The van der Waals surface area contributed by atoms with Gasteiger partial charge in [0.25, 0.3) is 0 Å². The molecule has 0 saturated heterocycles. The molecule has 1 heterocycles. The van der Waals surface area contributed by atoms with Crippen LogP contribution < -0.4 is 10.5 Å². The molecular formula is C9H12BrN3O3S. The van der Waals surface area contributed by atoms with E-state index in [0.29, 0.717) is 4.47 Å². The van der Waals surface area contributed by atoms with Crippen molar-refractivity contribution in [3.63, 3.8) is 0 Å². The Balaban J connectivity index is 2.86. The highest BCUT2D eigenvalue weighted by Crippen LogP contribution is 2.14. The molecule has 0 aliphatic rings. The normalized spacial score (nSPS) is 13.3. The Morgan fingerprint density at radius 3 is 2.76 bits per heavy atom. The molecule has 17 heavy (non-hydrogen) atoms. The van der Waals surface area contributed by atoms with E-state index in [0.717, 1.165) is 0 Å². The average Bonchev–Trinajstić information content (AvgIpc) is 2.15. The molecule has 3 N–H and O–H groups in total. The van der Waals surface area contributed by atoms with E-state index in [1.54, 1.807) is 6.92 Å². The van der Waals surface area contributed by atoms with Crippen LogP contribution in [0.5, 0.6) is 0 Å². The minimum Gasteiger partial charge on any atom is -0.370 e. The molecule has 0 aliphatic carbocycles. The van der Waals surface area contributed by atoms with Gasteiger partial charge in [-0.2, -0.15) is 0 Å². The fourth-order valence-corrected chi connectivity index (χ4v) is 2.96. The molecular weight excluding hydrogens is 310 g/mol. The largest absolute Gasteiger partial charge is 0.370 e. The summed E-state index contributed by atoms with van der Waals surface area (Å²) in [5, 5.41) is 0. The highest BCUT2D eigenvalue weighted by molar-refractivity contribution is 9.10. The van der Waals surface area contributed by atoms with Gasteiger partial charge in [-0.3, -0.25) is 9.78 Å². The summed E-state index contributed by atoms with van der Waals surface area (Å²) in [7, 11) is -3.68. The van der Waals surface area contributed by atoms with Crippen molar-refractivity contribution in [1.82, 2.24) is 9.71 Å². The number of carbonyl (C=O) groups is 1. The summed E-state index contributed by atoms with van der Waals surface area (Å²) in [6, 6.07) is 0.864. The molecule has 0 radical (unpaired) electrons. The smallest absolute Gasteiger partial charge is 0.242 e. The lowest BCUT2D eigenvalue weighted by Crippen LogP contribution is -2.35. The topological polar surface area (TPSA) is 102 Å². The Bertz CT molecular complexity index is 518. The van der Waals surface area contributed by atoms with Gasteiger partial charge in [0, 0.05) is 29.3 Å². The van der Waals surface area contributed by atoms with E-state index < -0.39 is 22.0 Å². The molecule has 94 valence electrons. The van der Waals surface area contributed by atoms with Gasteiger partial charge in [-0.25, -0.2) is 13.1 Å². The SMILES string of the molecule is CC(CC(N)=O)NS(=O)(=O)c1cncc(Br)c1. The maximum absolute atomic E-state index is 11.9. The third kappa shape index (κ3) is 4.41. The van der Waals surface area contributed by atoms with Crippen molar-refractivity contribution in [2.75, 3.05) is 0 Å². The molecule has 0 fully saturated rings. The van der Waals surface area contributed by atoms with Crippen LogP contribution in [0.2, 0.25) is 0 Å². The van der Waals surface area contributed by atoms with Gasteiger partial charge in [-0.15, -0.1) is 0 Å². The zero-order valence-electron chi connectivity index (χ0n) is 9.05. The van der Waals surface area contributed by atoms with Gasteiger partial charge >= 0.3 is 0 Å². The van der Waals surface area contributed by atoms with Crippen LogP contribution >= 0.6 is 15.9 Å². The Hall–Kier alpha value is -0.990. The highest BCUT2D eigenvalue weighted by Gasteiger charge is 2.18. The van der Waals surface area contributed by atoms with Crippen LogP contribution in [0.25, 0.3) is 0 Å². The van der Waals surface area contributed by atoms with Gasteiger partial charge in [-0.05, 0) is 28.9 Å². The molecule has 1 rings (SSSR count). The van der Waals surface area contributed by atoms with E-state index in [1.807, 2.05) is 0 Å². The number of pyridine rings is 1. The van der Waals surface area contributed by atoms with E-state index >= 15 is 0 Å². The number of rotatable bonds is 5. The predicted octanol–water partition coefficient (Wildman–Crippen LogP) is 0.386. The molecule has 0 spiro atoms. The van der Waals surface area contributed by atoms with E-state index in [2.05, 4.69) is 25.6 Å². The lowest BCUT2D eigenvalue weighted by Gasteiger charge is -2.12. The number of carbonyl (C=O) groups excluding carboxylic acids is 1. The monoisotopic (exact) mass is 321 g/mol. The number of primary amides is 1. The summed E-state index contributed by atoms with van der Waals surface area (Å²) in [5.74, 6) is -0.562. The number of aromatic nitrogens is 1. The first-order valence-corrected chi connectivity index (χ1v) is 7.00. The van der Waals surface area contributed by atoms with Crippen LogP contribution in [-0.4, -0.2) is 25.4 Å². The fraction of sp³-hybridized carbons (Fsp3) is 0.333. The second-order valence-electron chi connectivity index (χ2n) is 3.53. The third-order valence-electron chi connectivity index (χ3n) is 1.85. The number of hydrogen-bond acceptors (Lipinski definition) is 4. The van der Waals surface area contributed by atoms with Crippen molar-refractivity contribution >= 4 is 31.9 Å². The van der Waals surface area contributed by atoms with E-state index in [4.69, 9.17) is 5.73 Å². The minimum atomic E-state index is -3.68. The second kappa shape index (κ2) is 5.56. The summed E-state index contributed by atoms with van der Waals surface area (Å²) < 4.78 is 26.6. The lowest BCUT2D eigenvalue weighted by molar-refractivity contribution is -0.118. The van der Waals surface area contributed by atoms with Gasteiger partial charge in [-0.1, -0.05) is 0 Å². The average molecular weight is 322 g/mol. The van der Waals surface area contributed by atoms with Crippen LogP contribution in [-0.2, 0) is 14.8 Å². The Kier molecular flexibility index (Phi) is 4.61. The number of nitrogens with two attached hydrogens (primary N) is 1. The molecule has 8 heteroatoms. The van der Waals surface area contributed by atoms with Crippen LogP contribution in [0.4, 0.5) is 0 Å². The molecule has 1 atom stereocenters. The molecule has 0 saturated carbocycles. The van der Waals surface area contributed by atoms with E-state index in [1.165, 1.54) is 18.5 Å². The first kappa shape index (κ1) is 14.1. The third-order valence-corrected chi connectivity index (χ3v) is 3.84. The summed E-state index contributed by atoms with van der Waals surface area (Å²) in [6.07, 6.45) is 2.65. The maximum Gasteiger partial charge on any atom is 0.242 e. The molecule has 0 bridgehead atoms. The van der Waals surface area contributed by atoms with Gasteiger partial charge < -0.3 is 5.73 Å². The number of hydrogen-bond donors (Lipinski definition) is 2. The standard InChI is InChI=1S/C9H12BrN3O3S/c1-6(2-9(11)14)13-17(15,16)8-3-7(10)4-12-5-8/h3-6,13H,2H2,1H3,(H2,11,14). The number of sulfonamides is 1. The molecule has 1 aromatic heterocycles. The number of nitrogens with one attached hydrogen (secondary N) is 1. The van der Waals surface area contributed by atoms with Crippen molar-refractivity contribution in [3.05, 3.63) is 22.9 Å².